The molecule has 0 bridgehead atoms. The minimum atomic E-state index is -1.83. The molecule has 0 unspecified atom stereocenters. The van der Waals surface area contributed by atoms with E-state index in [1.54, 1.807) is 0 Å². The van der Waals surface area contributed by atoms with Crippen molar-refractivity contribution in [2.45, 2.75) is 68.3 Å². The lowest BCUT2D eigenvalue weighted by molar-refractivity contribution is -0.354. The van der Waals surface area contributed by atoms with Crippen LogP contribution in [0.15, 0.2) is 33.5 Å². The highest BCUT2D eigenvalue weighted by atomic mass is 16.8. The molecule has 2 aliphatic rings. The van der Waals surface area contributed by atoms with Crippen molar-refractivity contribution >= 4 is 11.0 Å². The van der Waals surface area contributed by atoms with Crippen LogP contribution in [0.1, 0.15) is 6.92 Å². The zero-order chi connectivity index (χ0) is 34.3. The van der Waals surface area contributed by atoms with Gasteiger partial charge in [-0.3, -0.25) is 4.79 Å². The van der Waals surface area contributed by atoms with E-state index in [1.807, 2.05) is 0 Å². The predicted octanol–water partition coefficient (Wildman–Crippen LogP) is -1.07. The summed E-state index contributed by atoms with van der Waals surface area (Å²) in [6.45, 7) is 0.634. The molecule has 0 radical (unpaired) electrons. The molecule has 10 atom stereocenters. The summed E-state index contributed by atoms with van der Waals surface area (Å²) in [5.74, 6) is -1.50. The second kappa shape index (κ2) is 13.7. The van der Waals surface area contributed by atoms with E-state index in [9.17, 15) is 45.6 Å². The van der Waals surface area contributed by atoms with Crippen LogP contribution in [0.25, 0.3) is 22.3 Å². The number of benzene rings is 2. The number of aliphatic hydroxyl groups excluding tert-OH is 6. The summed E-state index contributed by atoms with van der Waals surface area (Å²) in [4.78, 5) is 13.3. The summed E-state index contributed by atoms with van der Waals surface area (Å²) in [6.07, 6.45) is -16.0. The molecule has 0 spiro atoms. The van der Waals surface area contributed by atoms with E-state index >= 15 is 0 Å². The molecule has 258 valence electrons. The van der Waals surface area contributed by atoms with Crippen LogP contribution >= 0.6 is 0 Å². The van der Waals surface area contributed by atoms with Crippen molar-refractivity contribution < 1.29 is 78.4 Å². The van der Waals surface area contributed by atoms with Crippen molar-refractivity contribution in [2.24, 2.45) is 0 Å². The minimum absolute atomic E-state index is 0.0494. The molecule has 17 nitrogen and oxygen atoms in total. The topological polar surface area (TPSA) is 257 Å². The quantitative estimate of drug-likeness (QED) is 0.135. The van der Waals surface area contributed by atoms with Gasteiger partial charge in [0.25, 0.3) is 0 Å². The second-order valence-electron chi connectivity index (χ2n) is 10.9. The molecule has 0 amide bonds. The molecule has 0 aliphatic carbocycles. The normalized spacial score (nSPS) is 31.0. The fourth-order valence-corrected chi connectivity index (χ4v) is 5.45. The molecule has 2 fully saturated rings. The molecular formula is C30H36O17. The number of phenolic OH excluding ortho intramolecular Hbond substituents is 2. The van der Waals surface area contributed by atoms with Gasteiger partial charge in [-0.2, -0.15) is 0 Å². The van der Waals surface area contributed by atoms with Crippen molar-refractivity contribution in [3.8, 4) is 45.8 Å². The first-order valence-electron chi connectivity index (χ1n) is 14.3. The molecule has 3 heterocycles. The van der Waals surface area contributed by atoms with Crippen LogP contribution in [0.2, 0.25) is 0 Å². The number of rotatable bonds is 9. The van der Waals surface area contributed by atoms with Crippen LogP contribution in [-0.2, 0) is 14.2 Å². The van der Waals surface area contributed by atoms with E-state index in [-0.39, 0.29) is 51.0 Å². The predicted molar refractivity (Wildman–Crippen MR) is 157 cm³/mol. The summed E-state index contributed by atoms with van der Waals surface area (Å²) in [5.41, 5.74) is -0.720. The van der Waals surface area contributed by atoms with Crippen LogP contribution < -0.4 is 24.4 Å². The van der Waals surface area contributed by atoms with Gasteiger partial charge in [-0.1, -0.05) is 0 Å². The van der Waals surface area contributed by atoms with Crippen LogP contribution in [-0.4, -0.2) is 130 Å². The van der Waals surface area contributed by atoms with Crippen molar-refractivity contribution in [2.75, 3.05) is 27.9 Å². The fraction of sp³-hybridized carbons (Fsp3) is 0.500. The van der Waals surface area contributed by atoms with Gasteiger partial charge in [0.2, 0.25) is 12.0 Å². The third-order valence-electron chi connectivity index (χ3n) is 8.05. The SMILES string of the molecule is COc1cc(-c2cc(=O)c3c(O)c(OC)c(O[C@@H]4O[C@H](CO)[C@@H](O)[C@H](O)[C@H]4O[C@@H]4O[C@@H](C)[C@H](O)[C@@H](O)[C@H]4O)cc3o2)c(OC)cc1O. The highest BCUT2D eigenvalue weighted by Crippen LogP contribution is 2.45. The molecule has 8 N–H and O–H groups in total. The van der Waals surface area contributed by atoms with Crippen LogP contribution in [0, 0.1) is 0 Å². The van der Waals surface area contributed by atoms with Crippen LogP contribution in [0.3, 0.4) is 0 Å². The highest BCUT2D eigenvalue weighted by molar-refractivity contribution is 5.90. The number of ether oxygens (including phenoxy) is 7. The zero-order valence-corrected chi connectivity index (χ0v) is 25.5. The number of aromatic hydroxyl groups is 2. The van der Waals surface area contributed by atoms with E-state index in [1.165, 1.54) is 46.5 Å². The molecule has 5 rings (SSSR count). The van der Waals surface area contributed by atoms with Gasteiger partial charge in [-0.05, 0) is 13.0 Å². The number of hydrogen-bond donors (Lipinski definition) is 8. The first kappa shape index (κ1) is 34.4. The van der Waals surface area contributed by atoms with Crippen molar-refractivity contribution in [1.29, 1.82) is 0 Å². The average Bonchev–Trinajstić information content (AvgIpc) is 3.05. The maximum Gasteiger partial charge on any atom is 0.229 e. The summed E-state index contributed by atoms with van der Waals surface area (Å²) in [5, 5.41) is 83.1. The molecule has 2 aliphatic heterocycles. The Hall–Kier alpha value is -3.91. The number of hydrogen-bond acceptors (Lipinski definition) is 17. The smallest absolute Gasteiger partial charge is 0.229 e. The molecule has 2 saturated heterocycles. The van der Waals surface area contributed by atoms with Gasteiger partial charge in [0, 0.05) is 18.2 Å². The first-order chi connectivity index (χ1) is 22.3. The van der Waals surface area contributed by atoms with Gasteiger partial charge in [0.15, 0.2) is 40.8 Å². The Bertz CT molecular complexity index is 1640. The average molecular weight is 669 g/mol. The molecule has 3 aromatic rings. The number of aliphatic hydroxyl groups is 6. The van der Waals surface area contributed by atoms with E-state index in [4.69, 9.17) is 37.6 Å². The largest absolute Gasteiger partial charge is 0.504 e. The van der Waals surface area contributed by atoms with Gasteiger partial charge >= 0.3 is 0 Å². The van der Waals surface area contributed by atoms with Crippen molar-refractivity contribution in [3.05, 3.63) is 34.5 Å². The monoisotopic (exact) mass is 668 g/mol. The maximum atomic E-state index is 13.3. The molecule has 2 aromatic carbocycles. The molecule has 0 saturated carbocycles. The second-order valence-corrected chi connectivity index (χ2v) is 10.9. The Morgan fingerprint density at radius 3 is 2.11 bits per heavy atom. The van der Waals surface area contributed by atoms with E-state index in [0.29, 0.717) is 0 Å². The fourth-order valence-electron chi connectivity index (χ4n) is 5.45. The van der Waals surface area contributed by atoms with Crippen molar-refractivity contribution in [3.63, 3.8) is 0 Å². The summed E-state index contributed by atoms with van der Waals surface area (Å²) in [7, 11) is 3.83. The molecule has 17 heteroatoms. The van der Waals surface area contributed by atoms with Gasteiger partial charge in [-0.15, -0.1) is 0 Å². The highest BCUT2D eigenvalue weighted by Gasteiger charge is 2.51. The Kier molecular flexibility index (Phi) is 10.0. The van der Waals surface area contributed by atoms with Gasteiger partial charge in [0.1, 0.15) is 59.1 Å². The number of fused-ring (bicyclic) bond motifs is 1. The lowest BCUT2D eigenvalue weighted by atomic mass is 9.97. The molecule has 47 heavy (non-hydrogen) atoms. The Morgan fingerprint density at radius 1 is 0.766 bits per heavy atom. The third-order valence-corrected chi connectivity index (χ3v) is 8.05. The molecular weight excluding hydrogens is 632 g/mol. The minimum Gasteiger partial charge on any atom is -0.504 e. The number of methoxy groups -OCH3 is 3. The summed E-state index contributed by atoms with van der Waals surface area (Å²) in [6, 6.07) is 4.87. The Morgan fingerprint density at radius 2 is 1.47 bits per heavy atom. The van der Waals surface area contributed by atoms with Crippen LogP contribution in [0.4, 0.5) is 0 Å². The lowest BCUT2D eigenvalue weighted by Gasteiger charge is -2.45. The first-order valence-corrected chi connectivity index (χ1v) is 14.3. The molecule has 1 aromatic heterocycles. The van der Waals surface area contributed by atoms with E-state index in [2.05, 4.69) is 0 Å². The van der Waals surface area contributed by atoms with Gasteiger partial charge < -0.3 is 78.4 Å². The maximum absolute atomic E-state index is 13.3. The Labute approximate surface area is 266 Å². The number of phenols is 2. The summed E-state index contributed by atoms with van der Waals surface area (Å²) >= 11 is 0. The van der Waals surface area contributed by atoms with Crippen molar-refractivity contribution in [1.82, 2.24) is 0 Å². The van der Waals surface area contributed by atoms with E-state index in [0.717, 1.165) is 6.07 Å². The summed E-state index contributed by atoms with van der Waals surface area (Å²) < 4.78 is 44.6. The zero-order valence-electron chi connectivity index (χ0n) is 25.5. The van der Waals surface area contributed by atoms with Gasteiger partial charge in [-0.25, -0.2) is 0 Å². The van der Waals surface area contributed by atoms with Crippen LogP contribution in [0.5, 0.6) is 34.5 Å². The third kappa shape index (κ3) is 6.24. The lowest BCUT2D eigenvalue weighted by Crippen LogP contribution is -2.64. The standard InChI is InChI=1S/C30H36O17/c1-10-21(34)24(37)26(39)29(43-10)47-28-25(38)22(35)19(9-31)46-30(28)45-18-8-17-20(23(36)27(18)42-4)13(33)7-15(44-17)11-5-16(41-3)12(32)6-14(11)40-2/h5-8,10,19,21-22,24-26,28-32,34-39H,9H2,1-4H3/t10-,19+,21-,22+,24+,25-,26+,28+,29-,30+/m0/s1. The van der Waals surface area contributed by atoms with E-state index < -0.39 is 79.2 Å². The Balaban J connectivity index is 1.58. The van der Waals surface area contributed by atoms with Gasteiger partial charge in [0.05, 0.1) is 39.6 Å².